The number of aliphatic hydroxyl groups excluding tert-OH is 1. The van der Waals surface area contributed by atoms with Gasteiger partial charge in [-0.25, -0.2) is 15.0 Å². The van der Waals surface area contributed by atoms with Gasteiger partial charge in [0.2, 0.25) is 0 Å². The topological polar surface area (TPSA) is 85.1 Å². The summed E-state index contributed by atoms with van der Waals surface area (Å²) < 4.78 is 7.17. The molecule has 25 heavy (non-hydrogen) atoms. The van der Waals surface area contributed by atoms with Crippen LogP contribution >= 0.6 is 11.3 Å². The number of nitrogens with zero attached hydrogens (tertiary/aromatic N) is 4. The van der Waals surface area contributed by atoms with Crippen molar-refractivity contribution in [2.24, 2.45) is 5.92 Å². The van der Waals surface area contributed by atoms with Crippen LogP contribution in [0.5, 0.6) is 0 Å². The van der Waals surface area contributed by atoms with Gasteiger partial charge in [-0.2, -0.15) is 0 Å². The van der Waals surface area contributed by atoms with E-state index in [-0.39, 0.29) is 6.61 Å². The lowest BCUT2D eigenvalue weighted by Gasteiger charge is -2.35. The van der Waals surface area contributed by atoms with Crippen molar-refractivity contribution in [1.82, 2.24) is 19.5 Å². The summed E-state index contributed by atoms with van der Waals surface area (Å²) in [6, 6.07) is 2.40. The lowest BCUT2D eigenvalue weighted by molar-refractivity contribution is 0.151. The Bertz CT molecular complexity index is 856. The molecular weight excluding hydrogens is 338 g/mol. The number of hydrogen-bond acceptors (Lipinski definition) is 7. The molecule has 0 bridgehead atoms. The monoisotopic (exact) mass is 359 g/mol. The van der Waals surface area contributed by atoms with Crippen molar-refractivity contribution in [2.45, 2.75) is 25.4 Å². The Hall–Kier alpha value is -2.03. The molecule has 4 rings (SSSR count). The van der Waals surface area contributed by atoms with Gasteiger partial charge >= 0.3 is 0 Å². The first-order valence-electron chi connectivity index (χ1n) is 8.41. The summed E-state index contributed by atoms with van der Waals surface area (Å²) in [4.78, 5) is 14.8. The number of nitrogens with one attached hydrogen (secondary N) is 1. The highest BCUT2D eigenvalue weighted by molar-refractivity contribution is 7.16. The van der Waals surface area contributed by atoms with E-state index in [9.17, 15) is 5.11 Å². The number of ether oxygens (including phenoxy) is 1. The number of methoxy groups -OCH3 is 1. The lowest BCUT2D eigenvalue weighted by Crippen LogP contribution is -2.37. The number of aliphatic hydroxyl groups is 1. The molecule has 1 fully saturated rings. The third-order valence-electron chi connectivity index (χ3n) is 4.61. The normalized spacial score (nSPS) is 19.9. The van der Waals surface area contributed by atoms with Crippen LogP contribution in [0.2, 0.25) is 0 Å². The number of thiophene rings is 1. The molecule has 0 spiro atoms. The summed E-state index contributed by atoms with van der Waals surface area (Å²) in [5.74, 6) is 2.63. The highest BCUT2D eigenvalue weighted by Crippen LogP contribution is 2.33. The largest absolute Gasteiger partial charge is 0.396 e. The van der Waals surface area contributed by atoms with Crippen molar-refractivity contribution in [3.05, 3.63) is 23.8 Å². The Kier molecular flexibility index (Phi) is 4.65. The van der Waals surface area contributed by atoms with Crippen molar-refractivity contribution < 1.29 is 9.84 Å². The maximum absolute atomic E-state index is 9.21. The zero-order valence-electron chi connectivity index (χ0n) is 14.1. The average Bonchev–Trinajstić information content (AvgIpc) is 3.24. The Morgan fingerprint density at radius 2 is 2.28 bits per heavy atom. The number of anilines is 1. The highest BCUT2D eigenvalue weighted by atomic mass is 32.1. The Morgan fingerprint density at radius 3 is 3.08 bits per heavy atom. The first-order valence-corrected chi connectivity index (χ1v) is 9.29. The van der Waals surface area contributed by atoms with Crippen LogP contribution < -0.4 is 5.32 Å². The summed E-state index contributed by atoms with van der Waals surface area (Å²) in [6.45, 7) is 1.58. The predicted molar refractivity (Wildman–Crippen MR) is 97.7 cm³/mol. The third kappa shape index (κ3) is 3.24. The fourth-order valence-electron chi connectivity index (χ4n) is 3.15. The molecule has 1 aliphatic rings. The van der Waals surface area contributed by atoms with Crippen LogP contribution in [-0.4, -0.2) is 51.0 Å². The van der Waals surface area contributed by atoms with Gasteiger partial charge in [0.1, 0.15) is 10.6 Å². The van der Waals surface area contributed by atoms with Crippen LogP contribution in [0.3, 0.4) is 0 Å². The molecule has 3 aromatic rings. The number of fused-ring (bicyclic) bond motifs is 1. The van der Waals surface area contributed by atoms with Crippen LogP contribution in [0, 0.1) is 5.92 Å². The molecule has 2 N–H and O–H groups in total. The van der Waals surface area contributed by atoms with E-state index in [1.807, 2.05) is 22.2 Å². The van der Waals surface area contributed by atoms with E-state index in [2.05, 4.69) is 10.3 Å². The minimum Gasteiger partial charge on any atom is -0.396 e. The first-order chi connectivity index (χ1) is 12.3. The molecule has 132 valence electrons. The average molecular weight is 359 g/mol. The summed E-state index contributed by atoms with van der Waals surface area (Å²) >= 11 is 1.60. The summed E-state index contributed by atoms with van der Waals surface area (Å²) in [6.07, 6.45) is 5.63. The maximum Gasteiger partial charge on any atom is 0.199 e. The number of rotatable bonds is 7. The molecule has 0 aliphatic heterocycles. The van der Waals surface area contributed by atoms with Crippen LogP contribution in [-0.2, 0) is 11.3 Å². The van der Waals surface area contributed by atoms with Gasteiger partial charge in [0.25, 0.3) is 0 Å². The quantitative estimate of drug-likeness (QED) is 0.674. The number of aromatic nitrogens is 4. The van der Waals surface area contributed by atoms with Gasteiger partial charge in [-0.1, -0.05) is 0 Å². The van der Waals surface area contributed by atoms with E-state index in [0.29, 0.717) is 30.9 Å². The second-order valence-electron chi connectivity index (χ2n) is 6.33. The predicted octanol–water partition coefficient (Wildman–Crippen LogP) is 2.38. The minimum absolute atomic E-state index is 0.262. The van der Waals surface area contributed by atoms with Gasteiger partial charge < -0.3 is 19.7 Å². The van der Waals surface area contributed by atoms with Gasteiger partial charge in [0, 0.05) is 38.7 Å². The zero-order valence-corrected chi connectivity index (χ0v) is 14.9. The van der Waals surface area contributed by atoms with Gasteiger partial charge in [0.15, 0.2) is 11.6 Å². The number of hydrogen-bond donors (Lipinski definition) is 2. The molecule has 8 heteroatoms. The molecule has 0 radical (unpaired) electrons. The summed E-state index contributed by atoms with van der Waals surface area (Å²) in [5.41, 5.74) is 0. The first kappa shape index (κ1) is 16.4. The Labute approximate surface area is 149 Å². The standard InChI is InChI=1S/C17H21N5O2S/c1-24-6-5-22-4-3-18-16(22)15-20-14(13-2-7-25-17(13)21-15)19-12-8-11(9-12)10-23/h2-4,7,11-12,23H,5-6,8-10H2,1H3,(H,19,20,21). The molecule has 0 amide bonds. The molecule has 1 aliphatic carbocycles. The van der Waals surface area contributed by atoms with Crippen LogP contribution in [0.4, 0.5) is 5.82 Å². The van der Waals surface area contributed by atoms with Crippen molar-refractivity contribution in [1.29, 1.82) is 0 Å². The summed E-state index contributed by atoms with van der Waals surface area (Å²) in [5, 5.41) is 15.8. The Balaban J connectivity index is 1.65. The second-order valence-corrected chi connectivity index (χ2v) is 7.23. The third-order valence-corrected chi connectivity index (χ3v) is 5.42. The van der Waals surface area contributed by atoms with Crippen LogP contribution in [0.15, 0.2) is 23.8 Å². The van der Waals surface area contributed by atoms with Crippen molar-refractivity contribution in [3.8, 4) is 11.6 Å². The van der Waals surface area contributed by atoms with E-state index in [1.54, 1.807) is 24.6 Å². The van der Waals surface area contributed by atoms with Gasteiger partial charge in [-0.15, -0.1) is 11.3 Å². The molecule has 0 saturated heterocycles. The molecule has 0 aromatic carbocycles. The van der Waals surface area contributed by atoms with Gasteiger partial charge in [-0.3, -0.25) is 0 Å². The SMILES string of the molecule is COCCn1ccnc1-c1nc(NC2CC(CO)C2)c2ccsc2n1. The molecular formula is C17H21N5O2S. The fraction of sp³-hybridized carbons (Fsp3) is 0.471. The maximum atomic E-state index is 9.21. The molecule has 1 saturated carbocycles. The van der Waals surface area contributed by atoms with Crippen LogP contribution in [0.25, 0.3) is 21.9 Å². The lowest BCUT2D eigenvalue weighted by atomic mass is 9.81. The van der Waals surface area contributed by atoms with E-state index in [1.165, 1.54) is 0 Å². The van der Waals surface area contributed by atoms with Crippen LogP contribution in [0.1, 0.15) is 12.8 Å². The van der Waals surface area contributed by atoms with Crippen molar-refractivity contribution in [2.75, 3.05) is 25.6 Å². The highest BCUT2D eigenvalue weighted by Gasteiger charge is 2.29. The van der Waals surface area contributed by atoms with E-state index in [4.69, 9.17) is 14.7 Å². The van der Waals surface area contributed by atoms with E-state index in [0.717, 1.165) is 34.7 Å². The Morgan fingerprint density at radius 1 is 1.40 bits per heavy atom. The smallest absolute Gasteiger partial charge is 0.199 e. The number of imidazole rings is 1. The van der Waals surface area contributed by atoms with E-state index >= 15 is 0 Å². The van der Waals surface area contributed by atoms with Gasteiger partial charge in [0.05, 0.1) is 12.0 Å². The minimum atomic E-state index is 0.262. The zero-order chi connectivity index (χ0) is 17.2. The molecule has 3 aromatic heterocycles. The van der Waals surface area contributed by atoms with Gasteiger partial charge in [-0.05, 0) is 30.2 Å². The molecule has 7 nitrogen and oxygen atoms in total. The fourth-order valence-corrected chi connectivity index (χ4v) is 3.91. The second kappa shape index (κ2) is 7.07. The van der Waals surface area contributed by atoms with E-state index < -0.39 is 0 Å². The molecule has 3 heterocycles. The summed E-state index contributed by atoms with van der Waals surface area (Å²) in [7, 11) is 1.69. The molecule has 0 unspecified atom stereocenters. The molecule has 0 atom stereocenters. The van der Waals surface area contributed by atoms with Crippen molar-refractivity contribution >= 4 is 27.4 Å². The van der Waals surface area contributed by atoms with Crippen molar-refractivity contribution in [3.63, 3.8) is 0 Å².